The molecule has 10 nitrogen and oxygen atoms in total. The third kappa shape index (κ3) is 3.82. The molecule has 1 aliphatic rings. The van der Waals surface area contributed by atoms with Crippen LogP contribution < -0.4 is 16.2 Å². The van der Waals surface area contributed by atoms with Gasteiger partial charge >= 0.3 is 6.01 Å². The molecule has 2 N–H and O–H groups in total. The molecule has 0 amide bonds. The molecule has 0 aromatic carbocycles. The summed E-state index contributed by atoms with van der Waals surface area (Å²) in [5.74, 6) is 1.15. The number of anilines is 2. The lowest BCUT2D eigenvalue weighted by Crippen LogP contribution is -2.22. The van der Waals surface area contributed by atoms with Crippen LogP contribution in [0.15, 0.2) is 46.4 Å². The van der Waals surface area contributed by atoms with E-state index >= 15 is 0 Å². The molecular weight excluding hydrogens is 420 g/mol. The molecule has 0 unspecified atom stereocenters. The zero-order chi connectivity index (χ0) is 23.2. The molecule has 0 radical (unpaired) electrons. The molecule has 4 aromatic rings. The Kier molecular flexibility index (Phi) is 5.09. The number of nitrogens with one attached hydrogen (secondary N) is 2. The Hall–Kier alpha value is -3.79. The van der Waals surface area contributed by atoms with Gasteiger partial charge in [0, 0.05) is 43.0 Å². The maximum atomic E-state index is 13.1. The van der Waals surface area contributed by atoms with Gasteiger partial charge in [-0.15, -0.1) is 6.58 Å². The zero-order valence-corrected chi connectivity index (χ0v) is 18.9. The van der Waals surface area contributed by atoms with Crippen molar-refractivity contribution in [1.82, 2.24) is 34.6 Å². The maximum Gasteiger partial charge on any atom is 0.302 e. The molecule has 0 bridgehead atoms. The highest BCUT2D eigenvalue weighted by Gasteiger charge is 2.21. The van der Waals surface area contributed by atoms with E-state index in [-0.39, 0.29) is 11.0 Å². The van der Waals surface area contributed by atoms with Crippen molar-refractivity contribution in [2.24, 2.45) is 0 Å². The van der Waals surface area contributed by atoms with Gasteiger partial charge in [-0.05, 0) is 12.1 Å². The molecule has 33 heavy (non-hydrogen) atoms. The Bertz CT molecular complexity index is 1380. The number of rotatable bonds is 5. The topological polar surface area (TPSA) is 116 Å². The minimum absolute atomic E-state index is 0.150. The van der Waals surface area contributed by atoms with Crippen molar-refractivity contribution in [3.8, 4) is 5.69 Å². The summed E-state index contributed by atoms with van der Waals surface area (Å²) in [6, 6.07) is 4.17. The molecule has 0 saturated heterocycles. The van der Waals surface area contributed by atoms with E-state index in [1.54, 1.807) is 21.6 Å². The van der Waals surface area contributed by atoms with E-state index in [1.807, 2.05) is 12.1 Å². The van der Waals surface area contributed by atoms with Gasteiger partial charge in [-0.1, -0.05) is 26.8 Å². The predicted molar refractivity (Wildman–Crippen MR) is 125 cm³/mol. The molecule has 0 saturated carbocycles. The minimum Gasteiger partial charge on any atom is -0.428 e. The third-order valence-corrected chi connectivity index (χ3v) is 5.55. The molecule has 0 atom stereocenters. The highest BCUT2D eigenvalue weighted by atomic mass is 16.4. The SMILES string of the molecule is C=CCn1c(=O)c2cnc(Nc3nc4c(o3)CCNC4)nc2n1-c1ccnc(C(C)(C)C)c1. The number of pyridine rings is 1. The first-order valence-corrected chi connectivity index (χ1v) is 10.9. The monoisotopic (exact) mass is 446 g/mol. The number of fused-ring (bicyclic) bond motifs is 2. The van der Waals surface area contributed by atoms with Crippen LogP contribution in [0.4, 0.5) is 12.0 Å². The first-order valence-electron chi connectivity index (χ1n) is 10.9. The van der Waals surface area contributed by atoms with Crippen LogP contribution in [0.5, 0.6) is 0 Å². The Morgan fingerprint density at radius 1 is 1.30 bits per heavy atom. The molecule has 0 aliphatic carbocycles. The lowest BCUT2D eigenvalue weighted by Gasteiger charge is -2.19. The van der Waals surface area contributed by atoms with E-state index in [1.165, 1.54) is 6.20 Å². The lowest BCUT2D eigenvalue weighted by molar-refractivity contribution is 0.485. The summed E-state index contributed by atoms with van der Waals surface area (Å²) in [4.78, 5) is 31.1. The van der Waals surface area contributed by atoms with E-state index < -0.39 is 0 Å². The molecule has 0 fully saturated rings. The zero-order valence-electron chi connectivity index (χ0n) is 18.9. The van der Waals surface area contributed by atoms with Crippen molar-refractivity contribution in [3.63, 3.8) is 0 Å². The largest absolute Gasteiger partial charge is 0.428 e. The number of oxazole rings is 1. The first kappa shape index (κ1) is 21.1. The smallest absolute Gasteiger partial charge is 0.302 e. The maximum absolute atomic E-state index is 13.1. The van der Waals surface area contributed by atoms with Gasteiger partial charge in [-0.2, -0.15) is 9.97 Å². The summed E-state index contributed by atoms with van der Waals surface area (Å²) < 4.78 is 9.20. The summed E-state index contributed by atoms with van der Waals surface area (Å²) in [6.45, 7) is 11.9. The summed E-state index contributed by atoms with van der Waals surface area (Å²) in [7, 11) is 0. The van der Waals surface area contributed by atoms with Crippen molar-refractivity contribution in [1.29, 1.82) is 0 Å². The summed E-state index contributed by atoms with van der Waals surface area (Å²) >= 11 is 0. The minimum atomic E-state index is -0.191. The van der Waals surface area contributed by atoms with Crippen molar-refractivity contribution >= 4 is 23.0 Å². The number of nitrogens with zero attached hydrogens (tertiary/aromatic N) is 6. The molecular formula is C23H26N8O2. The Balaban J connectivity index is 1.63. The van der Waals surface area contributed by atoms with Crippen LogP contribution in [0.1, 0.15) is 37.9 Å². The summed E-state index contributed by atoms with van der Waals surface area (Å²) in [5.41, 5.74) is 2.71. The average Bonchev–Trinajstić information content (AvgIpc) is 3.32. The highest BCUT2D eigenvalue weighted by Crippen LogP contribution is 2.25. The second-order valence-corrected chi connectivity index (χ2v) is 9.01. The molecule has 0 spiro atoms. The van der Waals surface area contributed by atoms with Crippen LogP contribution in [0.2, 0.25) is 0 Å². The van der Waals surface area contributed by atoms with Crippen LogP contribution in [-0.2, 0) is 24.9 Å². The fraction of sp³-hybridized carbons (Fsp3) is 0.348. The molecule has 5 heterocycles. The van der Waals surface area contributed by atoms with Gasteiger partial charge in [0.25, 0.3) is 5.56 Å². The number of allylic oxidation sites excluding steroid dienone is 1. The van der Waals surface area contributed by atoms with Crippen molar-refractivity contribution in [3.05, 3.63) is 64.7 Å². The van der Waals surface area contributed by atoms with E-state index in [2.05, 4.69) is 57.9 Å². The highest BCUT2D eigenvalue weighted by molar-refractivity contribution is 5.77. The predicted octanol–water partition coefficient (Wildman–Crippen LogP) is 2.84. The van der Waals surface area contributed by atoms with Crippen molar-refractivity contribution in [2.75, 3.05) is 11.9 Å². The van der Waals surface area contributed by atoms with E-state index in [0.717, 1.165) is 35.8 Å². The number of hydrogen-bond donors (Lipinski definition) is 2. The standard InChI is InChI=1S/C23H26N8O2/c1-5-10-30-20(32)15-12-26-21(29-22-27-16-13-24-8-7-17(16)33-22)28-19(15)31(30)14-6-9-25-18(11-14)23(2,3)4/h5-6,9,11-12,24H,1,7-8,10,13H2,2-4H3,(H,26,27,28,29). The summed E-state index contributed by atoms with van der Waals surface area (Å²) in [5, 5.41) is 6.72. The lowest BCUT2D eigenvalue weighted by atomic mass is 9.91. The van der Waals surface area contributed by atoms with Gasteiger partial charge in [-0.3, -0.25) is 15.1 Å². The van der Waals surface area contributed by atoms with Crippen LogP contribution >= 0.6 is 0 Å². The fourth-order valence-electron chi connectivity index (χ4n) is 3.87. The van der Waals surface area contributed by atoms with Crippen molar-refractivity contribution < 1.29 is 4.42 Å². The van der Waals surface area contributed by atoms with E-state index in [0.29, 0.717) is 36.1 Å². The molecule has 1 aliphatic heterocycles. The summed E-state index contributed by atoms with van der Waals surface area (Å²) in [6.07, 6.45) is 5.74. The molecule has 4 aromatic heterocycles. The van der Waals surface area contributed by atoms with Crippen LogP contribution in [0.25, 0.3) is 16.7 Å². The second-order valence-electron chi connectivity index (χ2n) is 9.01. The van der Waals surface area contributed by atoms with Gasteiger partial charge < -0.3 is 9.73 Å². The van der Waals surface area contributed by atoms with E-state index in [9.17, 15) is 4.79 Å². The van der Waals surface area contributed by atoms with Gasteiger partial charge in [0.15, 0.2) is 5.65 Å². The van der Waals surface area contributed by atoms with Crippen LogP contribution in [-0.4, -0.2) is 35.8 Å². The Labute approximate surface area is 190 Å². The second kappa shape index (κ2) is 7.96. The van der Waals surface area contributed by atoms with Crippen LogP contribution in [0, 0.1) is 0 Å². The fourth-order valence-corrected chi connectivity index (χ4v) is 3.87. The first-order chi connectivity index (χ1) is 15.8. The molecule has 5 rings (SSSR count). The van der Waals surface area contributed by atoms with Gasteiger partial charge in [0.05, 0.1) is 17.9 Å². The Morgan fingerprint density at radius 2 is 2.15 bits per heavy atom. The average molecular weight is 447 g/mol. The van der Waals surface area contributed by atoms with E-state index in [4.69, 9.17) is 4.42 Å². The van der Waals surface area contributed by atoms with Crippen LogP contribution in [0.3, 0.4) is 0 Å². The quantitative estimate of drug-likeness (QED) is 0.450. The van der Waals surface area contributed by atoms with Gasteiger partial charge in [0.1, 0.15) is 11.1 Å². The van der Waals surface area contributed by atoms with Gasteiger partial charge in [-0.25, -0.2) is 14.3 Å². The number of hydrogen-bond acceptors (Lipinski definition) is 8. The van der Waals surface area contributed by atoms with Crippen molar-refractivity contribution in [2.45, 2.75) is 45.7 Å². The molecule has 170 valence electrons. The van der Waals surface area contributed by atoms with Gasteiger partial charge in [0.2, 0.25) is 5.95 Å². The third-order valence-electron chi connectivity index (χ3n) is 5.55. The molecule has 10 heteroatoms. The number of aromatic nitrogens is 6. The normalized spacial score (nSPS) is 13.8. The Morgan fingerprint density at radius 3 is 2.91 bits per heavy atom.